The minimum Gasteiger partial charge on any atom is -0.311 e. The average Bonchev–Trinajstić information content (AvgIpc) is 2.80. The van der Waals surface area contributed by atoms with Crippen LogP contribution in [0.5, 0.6) is 0 Å². The molecule has 1 saturated heterocycles. The van der Waals surface area contributed by atoms with E-state index in [0.29, 0.717) is 11.6 Å². The fourth-order valence-electron chi connectivity index (χ4n) is 3.60. The molecule has 2 aliphatic rings. The largest absolute Gasteiger partial charge is 0.311 e. The number of nitrogens with one attached hydrogen (secondary N) is 1. The molecule has 104 valence electrons. The molecule has 0 aromatic carbocycles. The van der Waals surface area contributed by atoms with Crippen molar-refractivity contribution in [2.45, 2.75) is 70.9 Å². The zero-order valence-electron chi connectivity index (χ0n) is 12.5. The molecule has 18 heavy (non-hydrogen) atoms. The van der Waals surface area contributed by atoms with Crippen LogP contribution in [0.4, 0.5) is 0 Å². The first-order valence-electron chi connectivity index (χ1n) is 7.78. The number of piperazine rings is 1. The lowest BCUT2D eigenvalue weighted by molar-refractivity contribution is 0.0520. The van der Waals surface area contributed by atoms with Crippen LogP contribution in [0.3, 0.4) is 0 Å². The fourth-order valence-corrected chi connectivity index (χ4v) is 3.60. The Morgan fingerprint density at radius 3 is 2.67 bits per heavy atom. The highest BCUT2D eigenvalue weighted by molar-refractivity contribution is 5.05. The summed E-state index contributed by atoms with van der Waals surface area (Å²) in [6.45, 7) is 10.3. The highest BCUT2D eigenvalue weighted by Crippen LogP contribution is 2.37. The summed E-state index contributed by atoms with van der Waals surface area (Å²) in [5, 5.41) is 3.81. The number of hydrogen-bond donors (Lipinski definition) is 1. The lowest BCUT2D eigenvalue weighted by atomic mass is 9.90. The minimum absolute atomic E-state index is 0.482. The van der Waals surface area contributed by atoms with Crippen LogP contribution in [0, 0.1) is 0 Å². The maximum atomic E-state index is 3.81. The minimum atomic E-state index is 0.482. The molecule has 1 aliphatic heterocycles. The molecule has 1 heterocycles. The van der Waals surface area contributed by atoms with Crippen molar-refractivity contribution >= 4 is 0 Å². The molecule has 2 fully saturated rings. The molecular formula is C16H30N2. The average molecular weight is 250 g/mol. The van der Waals surface area contributed by atoms with Crippen molar-refractivity contribution in [3.63, 3.8) is 0 Å². The second kappa shape index (κ2) is 6.21. The van der Waals surface area contributed by atoms with Gasteiger partial charge in [0, 0.05) is 31.2 Å². The monoisotopic (exact) mass is 250 g/mol. The molecule has 1 unspecified atom stereocenters. The van der Waals surface area contributed by atoms with E-state index in [1.54, 1.807) is 0 Å². The van der Waals surface area contributed by atoms with Crippen LogP contribution in [-0.2, 0) is 0 Å². The van der Waals surface area contributed by atoms with E-state index in [1.165, 1.54) is 57.2 Å². The second-order valence-corrected chi connectivity index (χ2v) is 6.48. The van der Waals surface area contributed by atoms with Gasteiger partial charge in [0.15, 0.2) is 0 Å². The summed E-state index contributed by atoms with van der Waals surface area (Å²) < 4.78 is 0. The Labute approximate surface area is 113 Å². The van der Waals surface area contributed by atoms with Crippen molar-refractivity contribution in [3.05, 3.63) is 11.6 Å². The van der Waals surface area contributed by atoms with E-state index in [1.807, 2.05) is 0 Å². The van der Waals surface area contributed by atoms with Crippen LogP contribution in [0.15, 0.2) is 11.6 Å². The Morgan fingerprint density at radius 1 is 1.33 bits per heavy atom. The zero-order chi connectivity index (χ0) is 13.0. The van der Waals surface area contributed by atoms with Gasteiger partial charge in [-0.05, 0) is 33.1 Å². The summed E-state index contributed by atoms with van der Waals surface area (Å²) in [5.74, 6) is 0. The maximum Gasteiger partial charge on any atom is 0.0338 e. The van der Waals surface area contributed by atoms with Gasteiger partial charge in [0.2, 0.25) is 0 Å². The molecule has 0 amide bonds. The van der Waals surface area contributed by atoms with Gasteiger partial charge in [-0.2, -0.15) is 0 Å². The lowest BCUT2D eigenvalue weighted by Gasteiger charge is -2.48. The molecule has 0 aromatic rings. The molecule has 2 rings (SSSR count). The molecule has 0 radical (unpaired) electrons. The molecule has 1 saturated carbocycles. The van der Waals surface area contributed by atoms with Gasteiger partial charge in [0.05, 0.1) is 0 Å². The number of allylic oxidation sites excluding steroid dienone is 1. The van der Waals surface area contributed by atoms with E-state index in [2.05, 4.69) is 37.1 Å². The van der Waals surface area contributed by atoms with Gasteiger partial charge in [0.1, 0.15) is 0 Å². The Kier molecular flexibility index (Phi) is 4.85. The standard InChI is InChI=1S/C16H30N2/c1-4-7-15-12-18(11-8-14(2)3)16(13-17-15)9-5-6-10-16/h8,15,17H,4-7,9-13H2,1-3H3. The topological polar surface area (TPSA) is 15.3 Å². The highest BCUT2D eigenvalue weighted by atomic mass is 15.3. The summed E-state index contributed by atoms with van der Waals surface area (Å²) in [4.78, 5) is 2.78. The molecule has 0 bridgehead atoms. The Hall–Kier alpha value is -0.340. The van der Waals surface area contributed by atoms with Crippen molar-refractivity contribution < 1.29 is 0 Å². The summed E-state index contributed by atoms with van der Waals surface area (Å²) in [7, 11) is 0. The molecule has 2 heteroatoms. The van der Waals surface area contributed by atoms with Crippen LogP contribution in [0.25, 0.3) is 0 Å². The van der Waals surface area contributed by atoms with Gasteiger partial charge >= 0.3 is 0 Å². The highest BCUT2D eigenvalue weighted by Gasteiger charge is 2.42. The van der Waals surface area contributed by atoms with Crippen LogP contribution in [0.1, 0.15) is 59.3 Å². The molecule has 1 N–H and O–H groups in total. The van der Waals surface area contributed by atoms with Crippen molar-refractivity contribution in [1.82, 2.24) is 10.2 Å². The van der Waals surface area contributed by atoms with Crippen LogP contribution >= 0.6 is 0 Å². The van der Waals surface area contributed by atoms with E-state index in [0.717, 1.165) is 6.54 Å². The third kappa shape index (κ3) is 3.16. The predicted molar refractivity (Wildman–Crippen MR) is 78.9 cm³/mol. The molecular weight excluding hydrogens is 220 g/mol. The van der Waals surface area contributed by atoms with Gasteiger partial charge < -0.3 is 5.32 Å². The van der Waals surface area contributed by atoms with Crippen molar-refractivity contribution in [1.29, 1.82) is 0 Å². The van der Waals surface area contributed by atoms with Gasteiger partial charge in [-0.1, -0.05) is 37.8 Å². The smallest absolute Gasteiger partial charge is 0.0338 e. The summed E-state index contributed by atoms with van der Waals surface area (Å²) >= 11 is 0. The fraction of sp³-hybridized carbons (Fsp3) is 0.875. The SMILES string of the molecule is CCCC1CN(CC=C(C)C)C2(CCCC2)CN1. The van der Waals surface area contributed by atoms with Crippen LogP contribution in [-0.4, -0.2) is 36.1 Å². The lowest BCUT2D eigenvalue weighted by Crippen LogP contribution is -2.63. The third-order valence-corrected chi connectivity index (χ3v) is 4.72. The van der Waals surface area contributed by atoms with Gasteiger partial charge in [0.25, 0.3) is 0 Å². The van der Waals surface area contributed by atoms with Crippen LogP contribution < -0.4 is 5.32 Å². The van der Waals surface area contributed by atoms with E-state index in [9.17, 15) is 0 Å². The maximum absolute atomic E-state index is 3.81. The second-order valence-electron chi connectivity index (χ2n) is 6.48. The van der Waals surface area contributed by atoms with Gasteiger partial charge in [-0.3, -0.25) is 4.90 Å². The zero-order valence-corrected chi connectivity index (χ0v) is 12.5. The number of hydrogen-bond acceptors (Lipinski definition) is 2. The van der Waals surface area contributed by atoms with Crippen molar-refractivity contribution in [2.75, 3.05) is 19.6 Å². The molecule has 2 nitrogen and oxygen atoms in total. The Morgan fingerprint density at radius 2 is 2.06 bits per heavy atom. The number of nitrogens with zero attached hydrogens (tertiary/aromatic N) is 1. The normalized spacial score (nSPS) is 27.6. The quantitative estimate of drug-likeness (QED) is 0.770. The summed E-state index contributed by atoms with van der Waals surface area (Å²) in [6, 6.07) is 0.715. The first kappa shape index (κ1) is 14.1. The summed E-state index contributed by atoms with van der Waals surface area (Å²) in [6.07, 6.45) is 10.7. The first-order valence-corrected chi connectivity index (χ1v) is 7.78. The molecule has 1 atom stereocenters. The van der Waals surface area contributed by atoms with E-state index < -0.39 is 0 Å². The Bertz CT molecular complexity index is 285. The molecule has 1 spiro atoms. The van der Waals surface area contributed by atoms with Crippen molar-refractivity contribution in [2.24, 2.45) is 0 Å². The van der Waals surface area contributed by atoms with Crippen molar-refractivity contribution in [3.8, 4) is 0 Å². The number of rotatable bonds is 4. The van der Waals surface area contributed by atoms with E-state index in [-0.39, 0.29) is 0 Å². The van der Waals surface area contributed by atoms with Gasteiger partial charge in [-0.15, -0.1) is 0 Å². The van der Waals surface area contributed by atoms with E-state index >= 15 is 0 Å². The molecule has 1 aliphatic carbocycles. The predicted octanol–water partition coefficient (Wildman–Crippen LogP) is 3.34. The van der Waals surface area contributed by atoms with E-state index in [4.69, 9.17) is 0 Å². The molecule has 0 aromatic heterocycles. The van der Waals surface area contributed by atoms with Gasteiger partial charge in [-0.25, -0.2) is 0 Å². The Balaban J connectivity index is 2.03. The summed E-state index contributed by atoms with van der Waals surface area (Å²) in [5.41, 5.74) is 1.93. The first-order chi connectivity index (χ1) is 8.66. The third-order valence-electron chi connectivity index (χ3n) is 4.72. The van der Waals surface area contributed by atoms with Crippen LogP contribution in [0.2, 0.25) is 0 Å².